The molecule has 1 N–H and O–H groups in total. The number of aromatic nitrogens is 2. The maximum Gasteiger partial charge on any atom is 0.305 e. The van der Waals surface area contributed by atoms with Crippen molar-refractivity contribution in [2.24, 2.45) is 5.92 Å². The Kier molecular flexibility index (Phi) is 4.67. The van der Waals surface area contributed by atoms with Gasteiger partial charge in [-0.15, -0.1) is 0 Å². The van der Waals surface area contributed by atoms with Crippen LogP contribution in [0.2, 0.25) is 0 Å². The molecule has 7 heteroatoms. The van der Waals surface area contributed by atoms with Crippen molar-refractivity contribution in [3.05, 3.63) is 6.20 Å². The molecule has 1 amide bonds. The van der Waals surface area contributed by atoms with E-state index in [9.17, 15) is 4.79 Å². The normalized spacial score (nSPS) is 23.2. The van der Waals surface area contributed by atoms with Crippen molar-refractivity contribution in [3.63, 3.8) is 0 Å². The van der Waals surface area contributed by atoms with E-state index in [1.807, 2.05) is 18.8 Å². The molecule has 1 aliphatic carbocycles. The van der Waals surface area contributed by atoms with Crippen molar-refractivity contribution in [2.45, 2.75) is 44.6 Å². The molecule has 2 fully saturated rings. The van der Waals surface area contributed by atoms with Crippen LogP contribution in [0, 0.1) is 5.92 Å². The summed E-state index contributed by atoms with van der Waals surface area (Å²) in [6.45, 7) is 0. The van der Waals surface area contributed by atoms with Crippen molar-refractivity contribution in [3.8, 4) is 0 Å². The summed E-state index contributed by atoms with van der Waals surface area (Å²) in [7, 11) is 2.01. The van der Waals surface area contributed by atoms with Crippen LogP contribution in [0.1, 0.15) is 38.5 Å². The second-order valence-corrected chi connectivity index (χ2v) is 7.05. The molecule has 0 bridgehead atoms. The second kappa shape index (κ2) is 6.68. The molecule has 1 saturated heterocycles. The van der Waals surface area contributed by atoms with Crippen LogP contribution >= 0.6 is 11.8 Å². The van der Waals surface area contributed by atoms with Gasteiger partial charge in [0.2, 0.25) is 11.2 Å². The first kappa shape index (κ1) is 14.7. The number of carbonyl (C=O) groups is 1. The van der Waals surface area contributed by atoms with E-state index in [2.05, 4.69) is 15.6 Å². The Hall–Kier alpha value is -1.24. The third-order valence-electron chi connectivity index (χ3n) is 4.44. The van der Waals surface area contributed by atoms with Gasteiger partial charge in [0.1, 0.15) is 0 Å². The first-order valence-corrected chi connectivity index (χ1v) is 8.90. The van der Waals surface area contributed by atoms with Crippen molar-refractivity contribution in [1.82, 2.24) is 5.27 Å². The van der Waals surface area contributed by atoms with E-state index in [-0.39, 0.29) is 11.8 Å². The number of amides is 1. The zero-order chi connectivity index (χ0) is 14.7. The van der Waals surface area contributed by atoms with Crippen LogP contribution in [0.15, 0.2) is 10.7 Å². The third-order valence-corrected chi connectivity index (χ3v) is 5.58. The van der Waals surface area contributed by atoms with Crippen LogP contribution in [0.5, 0.6) is 0 Å². The quantitative estimate of drug-likeness (QED) is 0.855. The molecule has 0 aromatic carbocycles. The third kappa shape index (κ3) is 3.51. The van der Waals surface area contributed by atoms with Gasteiger partial charge in [0.25, 0.3) is 6.20 Å². The Labute approximate surface area is 129 Å². The Morgan fingerprint density at radius 3 is 2.95 bits per heavy atom. The van der Waals surface area contributed by atoms with E-state index in [4.69, 9.17) is 4.52 Å². The summed E-state index contributed by atoms with van der Waals surface area (Å²) < 4.78 is 5.24. The summed E-state index contributed by atoms with van der Waals surface area (Å²) in [5.74, 6) is 2.93. The van der Waals surface area contributed by atoms with Crippen molar-refractivity contribution in [1.29, 1.82) is 0 Å². The van der Waals surface area contributed by atoms with Gasteiger partial charge in [-0.2, -0.15) is 16.8 Å². The molecule has 3 rings (SSSR count). The number of hydrogen-bond donors (Lipinski definition) is 1. The van der Waals surface area contributed by atoms with Gasteiger partial charge in [-0.3, -0.25) is 14.6 Å². The highest BCUT2D eigenvalue weighted by Crippen LogP contribution is 2.24. The highest BCUT2D eigenvalue weighted by molar-refractivity contribution is 7.99. The first-order valence-electron chi connectivity index (χ1n) is 7.74. The molecule has 0 spiro atoms. The predicted octanol–water partition coefficient (Wildman–Crippen LogP) is 1.55. The summed E-state index contributed by atoms with van der Waals surface area (Å²) in [6, 6.07) is 0.479. The molecule has 1 aliphatic heterocycles. The molecule has 21 heavy (non-hydrogen) atoms. The van der Waals surface area contributed by atoms with Gasteiger partial charge in [0, 0.05) is 11.7 Å². The van der Waals surface area contributed by atoms with Gasteiger partial charge in [-0.05, 0) is 25.0 Å². The molecule has 6 nitrogen and oxygen atoms in total. The lowest BCUT2D eigenvalue weighted by molar-refractivity contribution is -0.758. The van der Waals surface area contributed by atoms with Crippen LogP contribution in [0.4, 0.5) is 5.88 Å². The van der Waals surface area contributed by atoms with E-state index < -0.39 is 0 Å². The molecule has 1 saturated carbocycles. The maximum atomic E-state index is 12.2. The minimum atomic E-state index is 0.0667. The highest BCUT2D eigenvalue weighted by Gasteiger charge is 2.29. The monoisotopic (exact) mass is 311 g/mol. The zero-order valence-corrected chi connectivity index (χ0v) is 13.3. The fraction of sp³-hybridized carbons (Fsp3) is 0.786. The Bertz CT molecular complexity index is 481. The Balaban J connectivity index is 1.57. The molecule has 2 heterocycles. The lowest BCUT2D eigenvalue weighted by Gasteiger charge is -2.19. The van der Waals surface area contributed by atoms with Gasteiger partial charge in [0.15, 0.2) is 0 Å². The average Bonchev–Trinajstić information content (AvgIpc) is 3.19. The van der Waals surface area contributed by atoms with Crippen molar-refractivity contribution in [2.75, 3.05) is 28.9 Å². The SMILES string of the molecule is CN(C1CCSC1)[n+]1cc(NC(=O)C2CCCCC2)on1. The minimum Gasteiger partial charge on any atom is -0.289 e. The molecular formula is C14H23N4O2S+. The number of nitrogens with zero attached hydrogens (tertiary/aromatic N) is 3. The molecule has 0 radical (unpaired) electrons. The summed E-state index contributed by atoms with van der Waals surface area (Å²) >= 11 is 1.96. The molecule has 1 aromatic heterocycles. The number of thioether (sulfide) groups is 1. The van der Waals surface area contributed by atoms with Crippen LogP contribution in [0.25, 0.3) is 0 Å². The van der Waals surface area contributed by atoms with Gasteiger partial charge in [-0.25, -0.2) is 0 Å². The smallest absolute Gasteiger partial charge is 0.289 e. The van der Waals surface area contributed by atoms with Crippen LogP contribution in [-0.4, -0.2) is 35.8 Å². The van der Waals surface area contributed by atoms with E-state index in [0.717, 1.165) is 37.9 Å². The zero-order valence-electron chi connectivity index (χ0n) is 12.5. The van der Waals surface area contributed by atoms with Crippen molar-refractivity contribution < 1.29 is 14.1 Å². The molecule has 116 valence electrons. The van der Waals surface area contributed by atoms with Gasteiger partial charge in [0.05, 0.1) is 17.9 Å². The largest absolute Gasteiger partial charge is 0.305 e. The number of anilines is 1. The number of nitrogens with one attached hydrogen (secondary N) is 1. The molecular weight excluding hydrogens is 288 g/mol. The Morgan fingerprint density at radius 1 is 1.43 bits per heavy atom. The van der Waals surface area contributed by atoms with Crippen molar-refractivity contribution >= 4 is 23.6 Å². The highest BCUT2D eigenvalue weighted by atomic mass is 32.2. The fourth-order valence-corrected chi connectivity index (χ4v) is 4.27. The summed E-state index contributed by atoms with van der Waals surface area (Å²) in [6.07, 6.45) is 8.43. The van der Waals surface area contributed by atoms with E-state index in [1.54, 1.807) is 11.0 Å². The molecule has 1 unspecified atom stereocenters. The summed E-state index contributed by atoms with van der Waals surface area (Å²) in [4.78, 5) is 13.9. The van der Waals surface area contributed by atoms with Crippen LogP contribution < -0.4 is 15.1 Å². The minimum absolute atomic E-state index is 0.0667. The number of rotatable bonds is 4. The summed E-state index contributed by atoms with van der Waals surface area (Å²) in [5, 5.41) is 8.93. The van der Waals surface area contributed by atoms with Gasteiger partial charge in [-0.1, -0.05) is 19.3 Å². The number of carbonyl (C=O) groups excluding carboxylic acids is 1. The van der Waals surface area contributed by atoms with E-state index in [0.29, 0.717) is 11.9 Å². The van der Waals surface area contributed by atoms with Gasteiger partial charge < -0.3 is 0 Å². The molecule has 1 atom stereocenters. The molecule has 2 aliphatic rings. The molecule has 1 aromatic rings. The number of hydrogen-bond acceptors (Lipinski definition) is 5. The standard InChI is InChI=1S/C14H22N4O2S/c1-17(12-7-8-21-10-12)18-9-13(20-16-18)15-14(19)11-5-3-2-4-6-11/h9,11-12H,2-8,10H2,1H3/p+1. The maximum absolute atomic E-state index is 12.2. The lowest BCUT2D eigenvalue weighted by Crippen LogP contribution is -2.61. The van der Waals surface area contributed by atoms with E-state index >= 15 is 0 Å². The van der Waals surface area contributed by atoms with Gasteiger partial charge >= 0.3 is 5.88 Å². The Morgan fingerprint density at radius 2 is 2.24 bits per heavy atom. The fourth-order valence-electron chi connectivity index (χ4n) is 3.01. The topological polar surface area (TPSA) is 62.2 Å². The summed E-state index contributed by atoms with van der Waals surface area (Å²) in [5.41, 5.74) is 0. The van der Waals surface area contributed by atoms with Crippen LogP contribution in [0.3, 0.4) is 0 Å². The van der Waals surface area contributed by atoms with E-state index in [1.165, 1.54) is 12.2 Å². The predicted molar refractivity (Wildman–Crippen MR) is 81.8 cm³/mol. The first-order chi connectivity index (χ1) is 10.2. The second-order valence-electron chi connectivity index (χ2n) is 5.90. The average molecular weight is 311 g/mol. The van der Waals surface area contributed by atoms with Crippen LogP contribution in [-0.2, 0) is 4.79 Å². The lowest BCUT2D eigenvalue weighted by atomic mass is 9.89.